The molecule has 10 heteroatoms. The van der Waals surface area contributed by atoms with Gasteiger partial charge < -0.3 is 16.0 Å². The van der Waals surface area contributed by atoms with E-state index < -0.39 is 11.9 Å². The Bertz CT molecular complexity index is 820. The molecule has 1 amide bonds. The highest BCUT2D eigenvalue weighted by atomic mass is 32.1. The van der Waals surface area contributed by atoms with Crippen molar-refractivity contribution in [2.45, 2.75) is 25.9 Å². The number of aliphatic imine (C=N–C) groups is 1. The zero-order valence-electron chi connectivity index (χ0n) is 15.6. The third-order valence-corrected chi connectivity index (χ3v) is 4.64. The van der Waals surface area contributed by atoms with Crippen LogP contribution in [0.4, 0.5) is 18.9 Å². The molecule has 1 aromatic heterocycles. The first-order chi connectivity index (χ1) is 13.3. The van der Waals surface area contributed by atoms with Gasteiger partial charge in [-0.1, -0.05) is 19.1 Å². The predicted octanol–water partition coefficient (Wildman–Crippen LogP) is 3.07. The number of amides is 1. The molecule has 6 nitrogen and oxygen atoms in total. The number of guanidine groups is 1. The number of alkyl halides is 3. The number of nitrogens with one attached hydrogen (secondary N) is 3. The van der Waals surface area contributed by atoms with E-state index in [1.54, 1.807) is 7.05 Å². The van der Waals surface area contributed by atoms with Gasteiger partial charge in [0.15, 0.2) is 11.7 Å². The van der Waals surface area contributed by atoms with E-state index >= 15 is 0 Å². The van der Waals surface area contributed by atoms with E-state index in [0.29, 0.717) is 23.9 Å². The van der Waals surface area contributed by atoms with Crippen LogP contribution >= 0.6 is 11.3 Å². The lowest BCUT2D eigenvalue weighted by atomic mass is 10.1. The largest absolute Gasteiger partial charge is 0.434 e. The van der Waals surface area contributed by atoms with Gasteiger partial charge in [0.25, 0.3) is 0 Å². The Hall–Kier alpha value is -2.62. The minimum atomic E-state index is -4.43. The number of carbonyl (C=O) groups is 1. The van der Waals surface area contributed by atoms with Gasteiger partial charge >= 0.3 is 6.18 Å². The molecule has 0 saturated carbocycles. The molecule has 152 valence electrons. The molecule has 2 aromatic rings. The average Bonchev–Trinajstić information content (AvgIpc) is 3.14. The standard InChI is InChI=1S/C18H22F3N5OS/c1-3-12-5-4-6-13(9-12)25-15(27)10-24-17(22-2)23-8-7-16-26-14(11-28-16)18(19,20)21/h4-6,9,11H,3,7-8,10H2,1-2H3,(H,25,27)(H2,22,23,24). The Kier molecular flexibility index (Phi) is 7.80. The summed E-state index contributed by atoms with van der Waals surface area (Å²) in [7, 11) is 1.54. The number of halogens is 3. The van der Waals surface area contributed by atoms with E-state index in [9.17, 15) is 18.0 Å². The number of carbonyl (C=O) groups excluding carboxylic acids is 1. The maximum absolute atomic E-state index is 12.5. The van der Waals surface area contributed by atoms with Crippen LogP contribution in [0.25, 0.3) is 0 Å². The van der Waals surface area contributed by atoms with Gasteiger partial charge in [-0.15, -0.1) is 11.3 Å². The van der Waals surface area contributed by atoms with Gasteiger partial charge in [-0.2, -0.15) is 13.2 Å². The van der Waals surface area contributed by atoms with Crippen LogP contribution in [0.1, 0.15) is 23.2 Å². The molecular formula is C18H22F3N5OS. The SMILES string of the molecule is CCc1cccc(NC(=O)CNC(=NC)NCCc2nc(C(F)(F)F)cs2)c1. The number of aromatic nitrogens is 1. The normalized spacial score (nSPS) is 12.0. The van der Waals surface area contributed by atoms with Crippen molar-refractivity contribution in [1.82, 2.24) is 15.6 Å². The summed E-state index contributed by atoms with van der Waals surface area (Å²) >= 11 is 0.963. The zero-order valence-corrected chi connectivity index (χ0v) is 16.4. The molecule has 0 aliphatic carbocycles. The number of aryl methyl sites for hydroxylation is 1. The summed E-state index contributed by atoms with van der Waals surface area (Å²) in [6.07, 6.45) is -3.23. The number of anilines is 1. The Labute approximate surface area is 165 Å². The molecule has 0 atom stereocenters. The van der Waals surface area contributed by atoms with Crippen molar-refractivity contribution < 1.29 is 18.0 Å². The van der Waals surface area contributed by atoms with E-state index in [-0.39, 0.29) is 12.5 Å². The van der Waals surface area contributed by atoms with Crippen molar-refractivity contribution in [2.75, 3.05) is 25.5 Å². The molecule has 0 aliphatic rings. The Morgan fingerprint density at radius 3 is 2.71 bits per heavy atom. The van der Waals surface area contributed by atoms with E-state index in [2.05, 4.69) is 25.9 Å². The van der Waals surface area contributed by atoms with Gasteiger partial charge in [-0.3, -0.25) is 9.79 Å². The molecule has 1 aromatic carbocycles. The van der Waals surface area contributed by atoms with E-state index in [1.165, 1.54) is 0 Å². The minimum absolute atomic E-state index is 0.00546. The molecule has 3 N–H and O–H groups in total. The van der Waals surface area contributed by atoms with Gasteiger partial charge in [0.2, 0.25) is 5.91 Å². The van der Waals surface area contributed by atoms with Gasteiger partial charge in [0.1, 0.15) is 0 Å². The molecule has 2 rings (SSSR count). The Morgan fingerprint density at radius 2 is 2.07 bits per heavy atom. The second-order valence-electron chi connectivity index (χ2n) is 5.83. The third kappa shape index (κ3) is 6.84. The summed E-state index contributed by atoms with van der Waals surface area (Å²) in [5, 5.41) is 9.99. The van der Waals surface area contributed by atoms with Crippen LogP contribution in [-0.2, 0) is 23.8 Å². The van der Waals surface area contributed by atoms with Crippen LogP contribution < -0.4 is 16.0 Å². The van der Waals surface area contributed by atoms with Crippen molar-refractivity contribution in [3.05, 3.63) is 45.9 Å². The number of hydrogen-bond donors (Lipinski definition) is 3. The number of benzene rings is 1. The van der Waals surface area contributed by atoms with Crippen molar-refractivity contribution in [3.8, 4) is 0 Å². The average molecular weight is 413 g/mol. The second-order valence-corrected chi connectivity index (χ2v) is 6.77. The number of thiazole rings is 1. The molecule has 0 spiro atoms. The molecular weight excluding hydrogens is 391 g/mol. The summed E-state index contributed by atoms with van der Waals surface area (Å²) in [6, 6.07) is 7.59. The van der Waals surface area contributed by atoms with Crippen LogP contribution in [0.2, 0.25) is 0 Å². The summed E-state index contributed by atoms with van der Waals surface area (Å²) in [5.41, 5.74) is 0.969. The van der Waals surface area contributed by atoms with Crippen LogP contribution in [0.3, 0.4) is 0 Å². The van der Waals surface area contributed by atoms with Gasteiger partial charge in [-0.25, -0.2) is 4.98 Å². The number of hydrogen-bond acceptors (Lipinski definition) is 4. The molecule has 0 fully saturated rings. The highest BCUT2D eigenvalue weighted by molar-refractivity contribution is 7.09. The first kappa shape index (κ1) is 21.7. The van der Waals surface area contributed by atoms with Gasteiger partial charge in [-0.05, 0) is 24.1 Å². The summed E-state index contributed by atoms with van der Waals surface area (Å²) < 4.78 is 37.6. The number of nitrogens with zero attached hydrogens (tertiary/aromatic N) is 2. The highest BCUT2D eigenvalue weighted by Gasteiger charge is 2.33. The lowest BCUT2D eigenvalue weighted by Crippen LogP contribution is -2.42. The van der Waals surface area contributed by atoms with Gasteiger partial charge in [0, 0.05) is 31.1 Å². The fraction of sp³-hybridized carbons (Fsp3) is 0.389. The number of rotatable bonds is 7. The highest BCUT2D eigenvalue weighted by Crippen LogP contribution is 2.29. The Morgan fingerprint density at radius 1 is 1.29 bits per heavy atom. The van der Waals surface area contributed by atoms with E-state index in [4.69, 9.17) is 0 Å². The second kappa shape index (κ2) is 10.1. The van der Waals surface area contributed by atoms with Crippen LogP contribution in [0, 0.1) is 0 Å². The predicted molar refractivity (Wildman–Crippen MR) is 105 cm³/mol. The lowest BCUT2D eigenvalue weighted by molar-refractivity contribution is -0.140. The molecule has 0 radical (unpaired) electrons. The van der Waals surface area contributed by atoms with Crippen LogP contribution in [-0.4, -0.2) is 37.0 Å². The molecule has 28 heavy (non-hydrogen) atoms. The summed E-state index contributed by atoms with van der Waals surface area (Å²) in [5.74, 6) is 0.149. The quantitative estimate of drug-likeness (QED) is 0.482. The maximum atomic E-state index is 12.5. The van der Waals surface area contributed by atoms with Crippen molar-refractivity contribution in [1.29, 1.82) is 0 Å². The van der Waals surface area contributed by atoms with Gasteiger partial charge in [0.05, 0.1) is 11.6 Å². The third-order valence-electron chi connectivity index (χ3n) is 3.73. The topological polar surface area (TPSA) is 78.4 Å². The molecule has 0 aliphatic heterocycles. The monoisotopic (exact) mass is 413 g/mol. The van der Waals surface area contributed by atoms with Crippen molar-refractivity contribution >= 4 is 28.9 Å². The summed E-state index contributed by atoms with van der Waals surface area (Å²) in [4.78, 5) is 19.6. The lowest BCUT2D eigenvalue weighted by Gasteiger charge is -2.12. The smallest absolute Gasteiger partial charge is 0.356 e. The van der Waals surface area contributed by atoms with Crippen molar-refractivity contribution in [3.63, 3.8) is 0 Å². The molecule has 0 saturated heterocycles. The minimum Gasteiger partial charge on any atom is -0.356 e. The fourth-order valence-electron chi connectivity index (χ4n) is 2.30. The van der Waals surface area contributed by atoms with E-state index in [1.807, 2.05) is 31.2 Å². The maximum Gasteiger partial charge on any atom is 0.434 e. The first-order valence-electron chi connectivity index (χ1n) is 8.66. The molecule has 1 heterocycles. The van der Waals surface area contributed by atoms with Crippen LogP contribution in [0.15, 0.2) is 34.6 Å². The van der Waals surface area contributed by atoms with Crippen LogP contribution in [0.5, 0.6) is 0 Å². The molecule has 0 unspecified atom stereocenters. The zero-order chi connectivity index (χ0) is 20.6. The molecule has 0 bridgehead atoms. The fourth-order valence-corrected chi connectivity index (χ4v) is 3.11. The van der Waals surface area contributed by atoms with E-state index in [0.717, 1.165) is 34.4 Å². The summed E-state index contributed by atoms with van der Waals surface area (Å²) in [6.45, 7) is 2.38. The van der Waals surface area contributed by atoms with Crippen molar-refractivity contribution in [2.24, 2.45) is 4.99 Å². The Balaban J connectivity index is 1.75. The first-order valence-corrected chi connectivity index (χ1v) is 9.54.